The Bertz CT molecular complexity index is 410. The predicted octanol–water partition coefficient (Wildman–Crippen LogP) is 1.55. The summed E-state index contributed by atoms with van der Waals surface area (Å²) in [6.45, 7) is 0. The first-order chi connectivity index (χ1) is 7.97. The van der Waals surface area contributed by atoms with Crippen molar-refractivity contribution in [1.29, 1.82) is 0 Å². The van der Waals surface area contributed by atoms with Crippen LogP contribution in [-0.2, 0) is 0 Å². The third-order valence-electron chi connectivity index (χ3n) is 2.33. The monoisotopic (exact) mass is 262 g/mol. The molecule has 0 aromatic heterocycles. The highest BCUT2D eigenvalue weighted by Crippen LogP contribution is 2.23. The normalized spacial score (nSPS) is 14.4. The molecule has 6 heteroatoms. The van der Waals surface area contributed by atoms with E-state index >= 15 is 0 Å². The molecule has 2 unspecified atom stereocenters. The fourth-order valence-corrected chi connectivity index (χ4v) is 1.60. The SMILES string of the molecule is O=C(O)c1ccc(F)c(C(O)C(O)CCCl)c1. The highest BCUT2D eigenvalue weighted by atomic mass is 35.5. The first-order valence-electron chi connectivity index (χ1n) is 4.92. The third-order valence-corrected chi connectivity index (χ3v) is 2.55. The molecule has 3 N–H and O–H groups in total. The zero-order valence-corrected chi connectivity index (χ0v) is 9.56. The Morgan fingerprint density at radius 1 is 1.41 bits per heavy atom. The van der Waals surface area contributed by atoms with E-state index in [0.29, 0.717) is 0 Å². The fourth-order valence-electron chi connectivity index (χ4n) is 1.38. The quantitative estimate of drug-likeness (QED) is 0.704. The van der Waals surface area contributed by atoms with Crippen molar-refractivity contribution >= 4 is 17.6 Å². The van der Waals surface area contributed by atoms with E-state index < -0.39 is 24.0 Å². The van der Waals surface area contributed by atoms with Gasteiger partial charge in [0.1, 0.15) is 11.9 Å². The van der Waals surface area contributed by atoms with Crippen LogP contribution in [0.1, 0.15) is 28.4 Å². The number of aliphatic hydroxyl groups excluding tert-OH is 2. The third kappa shape index (κ3) is 3.39. The van der Waals surface area contributed by atoms with Gasteiger partial charge < -0.3 is 15.3 Å². The largest absolute Gasteiger partial charge is 0.478 e. The molecular weight excluding hydrogens is 251 g/mol. The van der Waals surface area contributed by atoms with Crippen LogP contribution in [0.25, 0.3) is 0 Å². The van der Waals surface area contributed by atoms with Crippen LogP contribution >= 0.6 is 11.6 Å². The van der Waals surface area contributed by atoms with Gasteiger partial charge in [0.05, 0.1) is 11.7 Å². The highest BCUT2D eigenvalue weighted by Gasteiger charge is 2.22. The van der Waals surface area contributed by atoms with Crippen LogP contribution in [0.4, 0.5) is 4.39 Å². The zero-order chi connectivity index (χ0) is 13.0. The number of carboxylic acid groups (broad SMARTS) is 1. The van der Waals surface area contributed by atoms with E-state index in [9.17, 15) is 19.4 Å². The van der Waals surface area contributed by atoms with E-state index in [2.05, 4.69) is 0 Å². The average molecular weight is 263 g/mol. The van der Waals surface area contributed by atoms with Crippen LogP contribution in [-0.4, -0.2) is 33.3 Å². The second kappa shape index (κ2) is 5.95. The maximum atomic E-state index is 13.4. The fraction of sp³-hybridized carbons (Fsp3) is 0.364. The molecule has 94 valence electrons. The van der Waals surface area contributed by atoms with Crippen molar-refractivity contribution in [3.8, 4) is 0 Å². The second-order valence-electron chi connectivity index (χ2n) is 3.53. The Morgan fingerprint density at radius 3 is 2.59 bits per heavy atom. The first kappa shape index (κ1) is 13.9. The van der Waals surface area contributed by atoms with E-state index in [-0.39, 0.29) is 23.4 Å². The standard InChI is InChI=1S/C11H12ClFO4/c12-4-3-9(14)10(15)7-5-6(11(16)17)1-2-8(7)13/h1-2,5,9-10,14-15H,3-4H2,(H,16,17). The summed E-state index contributed by atoms with van der Waals surface area (Å²) in [6, 6.07) is 3.02. The Morgan fingerprint density at radius 2 is 2.06 bits per heavy atom. The summed E-state index contributed by atoms with van der Waals surface area (Å²) in [4.78, 5) is 10.7. The van der Waals surface area contributed by atoms with E-state index in [1.54, 1.807) is 0 Å². The molecule has 17 heavy (non-hydrogen) atoms. The van der Waals surface area contributed by atoms with Gasteiger partial charge in [-0.25, -0.2) is 9.18 Å². The lowest BCUT2D eigenvalue weighted by atomic mass is 10.00. The Kier molecular flexibility index (Phi) is 4.86. The molecule has 0 saturated carbocycles. The van der Waals surface area contributed by atoms with Crippen molar-refractivity contribution in [3.63, 3.8) is 0 Å². The molecule has 0 saturated heterocycles. The lowest BCUT2D eigenvalue weighted by molar-refractivity contribution is 0.0148. The lowest BCUT2D eigenvalue weighted by Crippen LogP contribution is -2.20. The number of alkyl halides is 1. The molecule has 1 rings (SSSR count). The maximum absolute atomic E-state index is 13.4. The van der Waals surface area contributed by atoms with E-state index in [1.165, 1.54) is 0 Å². The summed E-state index contributed by atoms with van der Waals surface area (Å²) in [7, 11) is 0. The van der Waals surface area contributed by atoms with Crippen LogP contribution in [0.2, 0.25) is 0 Å². The van der Waals surface area contributed by atoms with Crippen molar-refractivity contribution in [3.05, 3.63) is 35.1 Å². The van der Waals surface area contributed by atoms with E-state index in [4.69, 9.17) is 16.7 Å². The van der Waals surface area contributed by atoms with Gasteiger partial charge >= 0.3 is 5.97 Å². The van der Waals surface area contributed by atoms with Gasteiger partial charge in [-0.15, -0.1) is 11.6 Å². The number of carboxylic acids is 1. The van der Waals surface area contributed by atoms with Crippen molar-refractivity contribution in [2.24, 2.45) is 0 Å². The van der Waals surface area contributed by atoms with Crippen LogP contribution in [0.15, 0.2) is 18.2 Å². The number of benzene rings is 1. The molecule has 0 bridgehead atoms. The van der Waals surface area contributed by atoms with Gasteiger partial charge in [0.15, 0.2) is 0 Å². The van der Waals surface area contributed by atoms with E-state index in [0.717, 1.165) is 18.2 Å². The van der Waals surface area contributed by atoms with Crippen molar-refractivity contribution < 1.29 is 24.5 Å². The van der Waals surface area contributed by atoms with Gasteiger partial charge in [0.2, 0.25) is 0 Å². The number of aliphatic hydroxyl groups is 2. The van der Waals surface area contributed by atoms with Crippen LogP contribution in [0.3, 0.4) is 0 Å². The summed E-state index contributed by atoms with van der Waals surface area (Å²) in [6.07, 6.45) is -2.64. The number of hydrogen-bond donors (Lipinski definition) is 3. The highest BCUT2D eigenvalue weighted by molar-refractivity contribution is 6.17. The molecule has 1 aromatic carbocycles. The smallest absolute Gasteiger partial charge is 0.335 e. The molecule has 0 aliphatic rings. The predicted molar refractivity (Wildman–Crippen MR) is 59.7 cm³/mol. The van der Waals surface area contributed by atoms with Crippen molar-refractivity contribution in [2.75, 3.05) is 5.88 Å². The Labute approximate surface area is 102 Å². The van der Waals surface area contributed by atoms with Gasteiger partial charge in [0.25, 0.3) is 0 Å². The molecule has 4 nitrogen and oxygen atoms in total. The average Bonchev–Trinajstić information content (AvgIpc) is 2.28. The molecule has 0 radical (unpaired) electrons. The first-order valence-corrected chi connectivity index (χ1v) is 5.45. The van der Waals surface area contributed by atoms with Gasteiger partial charge in [-0.1, -0.05) is 0 Å². The summed E-state index contributed by atoms with van der Waals surface area (Å²) >= 11 is 5.39. The van der Waals surface area contributed by atoms with Gasteiger partial charge in [0, 0.05) is 11.4 Å². The molecule has 0 spiro atoms. The maximum Gasteiger partial charge on any atom is 0.335 e. The molecule has 2 atom stereocenters. The minimum absolute atomic E-state index is 0.0828. The van der Waals surface area contributed by atoms with Crippen LogP contribution in [0.5, 0.6) is 0 Å². The summed E-state index contributed by atoms with van der Waals surface area (Å²) < 4.78 is 13.4. The number of rotatable bonds is 5. The van der Waals surface area contributed by atoms with Gasteiger partial charge in [-0.2, -0.15) is 0 Å². The summed E-state index contributed by atoms with van der Waals surface area (Å²) in [5, 5.41) is 27.9. The molecule has 0 aliphatic carbocycles. The molecule has 0 heterocycles. The van der Waals surface area contributed by atoms with Gasteiger partial charge in [-0.05, 0) is 24.6 Å². The molecule has 0 amide bonds. The Balaban J connectivity index is 3.03. The number of carbonyl (C=O) groups is 1. The second-order valence-corrected chi connectivity index (χ2v) is 3.91. The van der Waals surface area contributed by atoms with Crippen LogP contribution < -0.4 is 0 Å². The molecule has 0 aliphatic heterocycles. The lowest BCUT2D eigenvalue weighted by Gasteiger charge is -2.18. The van der Waals surface area contributed by atoms with E-state index in [1.807, 2.05) is 0 Å². The molecule has 0 fully saturated rings. The van der Waals surface area contributed by atoms with Crippen molar-refractivity contribution in [2.45, 2.75) is 18.6 Å². The molecule has 1 aromatic rings. The summed E-state index contributed by atoms with van der Waals surface area (Å²) in [5.41, 5.74) is -0.402. The molecular formula is C11H12ClFO4. The van der Waals surface area contributed by atoms with Crippen molar-refractivity contribution in [1.82, 2.24) is 0 Å². The zero-order valence-electron chi connectivity index (χ0n) is 8.81. The number of hydrogen-bond acceptors (Lipinski definition) is 3. The van der Waals surface area contributed by atoms with Crippen LogP contribution in [0, 0.1) is 5.82 Å². The number of aromatic carboxylic acids is 1. The van der Waals surface area contributed by atoms with Gasteiger partial charge in [-0.3, -0.25) is 0 Å². The number of halogens is 2. The Hall–Kier alpha value is -1.17. The minimum atomic E-state index is -1.49. The topological polar surface area (TPSA) is 77.8 Å². The summed E-state index contributed by atoms with van der Waals surface area (Å²) in [5.74, 6) is -1.89. The minimum Gasteiger partial charge on any atom is -0.478 e.